The number of hydrogen-bond donors (Lipinski definition) is 2. The van der Waals surface area contributed by atoms with Crippen LogP contribution < -0.4 is 15.8 Å². The van der Waals surface area contributed by atoms with Gasteiger partial charge in [0, 0.05) is 18.7 Å². The minimum absolute atomic E-state index is 0.164. The average Bonchev–Trinajstić information content (AvgIpc) is 2.25. The lowest BCUT2D eigenvalue weighted by atomic mass is 10.3. The van der Waals surface area contributed by atoms with Gasteiger partial charge in [-0.2, -0.15) is 0 Å². The molecular formula is C11H14F2N2O2. The zero-order valence-corrected chi connectivity index (χ0v) is 9.37. The molecule has 0 radical (unpaired) electrons. The van der Waals surface area contributed by atoms with E-state index in [1.807, 2.05) is 0 Å². The van der Waals surface area contributed by atoms with Gasteiger partial charge in [-0.15, -0.1) is 0 Å². The Kier molecular flexibility index (Phi) is 4.84. The maximum absolute atomic E-state index is 13.1. The number of benzene rings is 1. The van der Waals surface area contributed by atoms with E-state index < -0.39 is 17.5 Å². The van der Waals surface area contributed by atoms with Crippen LogP contribution in [0.1, 0.15) is 6.92 Å². The van der Waals surface area contributed by atoms with Gasteiger partial charge in [-0.05, 0) is 19.1 Å². The predicted molar refractivity (Wildman–Crippen MR) is 58.5 cm³/mol. The molecule has 1 aromatic rings. The molecule has 4 nitrogen and oxygen atoms in total. The molecule has 1 rings (SSSR count). The van der Waals surface area contributed by atoms with Gasteiger partial charge in [-0.3, -0.25) is 4.79 Å². The summed E-state index contributed by atoms with van der Waals surface area (Å²) >= 11 is 0. The van der Waals surface area contributed by atoms with Crippen LogP contribution in [0.2, 0.25) is 0 Å². The molecule has 0 heterocycles. The first-order chi connectivity index (χ1) is 7.99. The van der Waals surface area contributed by atoms with Gasteiger partial charge in [0.05, 0.1) is 0 Å². The molecule has 0 saturated carbocycles. The zero-order chi connectivity index (χ0) is 12.8. The van der Waals surface area contributed by atoms with Gasteiger partial charge >= 0.3 is 0 Å². The van der Waals surface area contributed by atoms with Crippen LogP contribution in [-0.2, 0) is 4.79 Å². The Balaban J connectivity index is 2.42. The number of amides is 1. The SMILES string of the molecule is CC(N)CNC(=O)COc1ccc(F)cc1F. The molecule has 1 unspecified atom stereocenters. The molecule has 0 fully saturated rings. The summed E-state index contributed by atoms with van der Waals surface area (Å²) in [5, 5.41) is 2.50. The number of carbonyl (C=O) groups is 1. The molecule has 3 N–H and O–H groups in total. The molecule has 1 amide bonds. The van der Waals surface area contributed by atoms with Gasteiger partial charge in [-0.1, -0.05) is 0 Å². The quantitative estimate of drug-likeness (QED) is 0.805. The van der Waals surface area contributed by atoms with Crippen molar-refractivity contribution < 1.29 is 18.3 Å². The highest BCUT2D eigenvalue weighted by Crippen LogP contribution is 2.17. The van der Waals surface area contributed by atoms with E-state index in [0.29, 0.717) is 12.6 Å². The van der Waals surface area contributed by atoms with E-state index in [1.165, 1.54) is 0 Å². The van der Waals surface area contributed by atoms with E-state index in [-0.39, 0.29) is 18.4 Å². The van der Waals surface area contributed by atoms with Crippen molar-refractivity contribution in [2.45, 2.75) is 13.0 Å². The molecule has 0 aliphatic rings. The minimum atomic E-state index is -0.843. The standard InChI is InChI=1S/C11H14F2N2O2/c1-7(14)5-15-11(16)6-17-10-3-2-8(12)4-9(10)13/h2-4,7H,5-6,14H2,1H3,(H,15,16). The number of halogens is 2. The van der Waals surface area contributed by atoms with Crippen LogP contribution >= 0.6 is 0 Å². The highest BCUT2D eigenvalue weighted by molar-refractivity contribution is 5.77. The molecule has 0 spiro atoms. The minimum Gasteiger partial charge on any atom is -0.481 e. The lowest BCUT2D eigenvalue weighted by molar-refractivity contribution is -0.123. The summed E-state index contributed by atoms with van der Waals surface area (Å²) in [6.07, 6.45) is 0. The van der Waals surface area contributed by atoms with E-state index in [0.717, 1.165) is 12.1 Å². The Labute approximate surface area is 97.8 Å². The first-order valence-corrected chi connectivity index (χ1v) is 5.09. The predicted octanol–water partition coefficient (Wildman–Crippen LogP) is 0.807. The van der Waals surface area contributed by atoms with Crippen LogP contribution in [0.25, 0.3) is 0 Å². The van der Waals surface area contributed by atoms with Crippen molar-refractivity contribution in [2.24, 2.45) is 5.73 Å². The van der Waals surface area contributed by atoms with Crippen LogP contribution in [0.5, 0.6) is 5.75 Å². The maximum Gasteiger partial charge on any atom is 0.257 e. The van der Waals surface area contributed by atoms with Gasteiger partial charge in [-0.25, -0.2) is 8.78 Å². The smallest absolute Gasteiger partial charge is 0.257 e. The third kappa shape index (κ3) is 4.78. The van der Waals surface area contributed by atoms with Crippen molar-refractivity contribution in [3.63, 3.8) is 0 Å². The van der Waals surface area contributed by atoms with Crippen LogP contribution in [0.3, 0.4) is 0 Å². The first kappa shape index (κ1) is 13.4. The van der Waals surface area contributed by atoms with Gasteiger partial charge < -0.3 is 15.8 Å². The molecule has 6 heteroatoms. The summed E-state index contributed by atoms with van der Waals surface area (Å²) in [6.45, 7) is 1.71. The number of nitrogens with two attached hydrogens (primary N) is 1. The van der Waals surface area contributed by atoms with Crippen LogP contribution in [0.15, 0.2) is 18.2 Å². The summed E-state index contributed by atoms with van der Waals surface area (Å²) in [5.41, 5.74) is 5.43. The topological polar surface area (TPSA) is 64.3 Å². The van der Waals surface area contributed by atoms with E-state index in [1.54, 1.807) is 6.92 Å². The van der Waals surface area contributed by atoms with Crippen molar-refractivity contribution in [2.75, 3.05) is 13.2 Å². The summed E-state index contributed by atoms with van der Waals surface area (Å²) in [4.78, 5) is 11.2. The van der Waals surface area contributed by atoms with Crippen molar-refractivity contribution >= 4 is 5.91 Å². The van der Waals surface area contributed by atoms with Crippen LogP contribution in [0, 0.1) is 11.6 Å². The van der Waals surface area contributed by atoms with E-state index in [9.17, 15) is 13.6 Å². The molecule has 1 aromatic carbocycles. The summed E-state index contributed by atoms with van der Waals surface area (Å²) < 4.78 is 30.6. The fraction of sp³-hybridized carbons (Fsp3) is 0.364. The molecule has 17 heavy (non-hydrogen) atoms. The highest BCUT2D eigenvalue weighted by atomic mass is 19.1. The average molecular weight is 244 g/mol. The summed E-state index contributed by atoms with van der Waals surface area (Å²) in [6, 6.07) is 2.71. The molecule has 0 aliphatic heterocycles. The Morgan fingerprint density at radius 1 is 1.53 bits per heavy atom. The molecule has 0 saturated heterocycles. The number of rotatable bonds is 5. The third-order valence-corrected chi connectivity index (χ3v) is 1.87. The van der Waals surface area contributed by atoms with E-state index in [4.69, 9.17) is 10.5 Å². The third-order valence-electron chi connectivity index (χ3n) is 1.87. The van der Waals surface area contributed by atoms with Gasteiger partial charge in [0.2, 0.25) is 0 Å². The van der Waals surface area contributed by atoms with E-state index >= 15 is 0 Å². The lowest BCUT2D eigenvalue weighted by Crippen LogP contribution is -2.37. The van der Waals surface area contributed by atoms with Crippen molar-refractivity contribution in [3.05, 3.63) is 29.8 Å². The largest absolute Gasteiger partial charge is 0.481 e. The lowest BCUT2D eigenvalue weighted by Gasteiger charge is -2.09. The van der Waals surface area contributed by atoms with Crippen molar-refractivity contribution in [1.29, 1.82) is 0 Å². The molecule has 0 aromatic heterocycles. The first-order valence-electron chi connectivity index (χ1n) is 5.09. The molecule has 94 valence electrons. The van der Waals surface area contributed by atoms with Crippen molar-refractivity contribution in [3.8, 4) is 5.75 Å². The fourth-order valence-electron chi connectivity index (χ4n) is 1.06. The van der Waals surface area contributed by atoms with E-state index in [2.05, 4.69) is 5.32 Å². The van der Waals surface area contributed by atoms with Crippen molar-refractivity contribution in [1.82, 2.24) is 5.32 Å². The monoisotopic (exact) mass is 244 g/mol. The second-order valence-electron chi connectivity index (χ2n) is 3.64. The normalized spacial score (nSPS) is 12.0. The highest BCUT2D eigenvalue weighted by Gasteiger charge is 2.08. The van der Waals surface area contributed by atoms with Crippen LogP contribution in [0.4, 0.5) is 8.78 Å². The Morgan fingerprint density at radius 2 is 2.24 bits per heavy atom. The maximum atomic E-state index is 13.1. The van der Waals surface area contributed by atoms with Gasteiger partial charge in [0.1, 0.15) is 5.82 Å². The molecule has 1 atom stereocenters. The zero-order valence-electron chi connectivity index (χ0n) is 9.37. The van der Waals surface area contributed by atoms with Gasteiger partial charge in [0.15, 0.2) is 18.2 Å². The number of hydrogen-bond acceptors (Lipinski definition) is 3. The van der Waals surface area contributed by atoms with Gasteiger partial charge in [0.25, 0.3) is 5.91 Å². The Morgan fingerprint density at radius 3 is 2.82 bits per heavy atom. The number of carbonyl (C=O) groups excluding carboxylic acids is 1. The van der Waals surface area contributed by atoms with Crippen LogP contribution in [-0.4, -0.2) is 25.1 Å². The second-order valence-corrected chi connectivity index (χ2v) is 3.64. The molecule has 0 aliphatic carbocycles. The fourth-order valence-corrected chi connectivity index (χ4v) is 1.06. The Hall–Kier alpha value is -1.69. The summed E-state index contributed by atoms with van der Waals surface area (Å²) in [7, 11) is 0. The molecule has 0 bridgehead atoms. The summed E-state index contributed by atoms with van der Waals surface area (Å²) in [5.74, 6) is -2.12. The number of nitrogens with one attached hydrogen (secondary N) is 1. The Bertz CT molecular complexity index is 397. The number of ether oxygens (including phenoxy) is 1. The second kappa shape index (κ2) is 6.15. The molecular weight excluding hydrogens is 230 g/mol.